The van der Waals surface area contributed by atoms with Crippen LogP contribution < -0.4 is 5.73 Å². The van der Waals surface area contributed by atoms with Gasteiger partial charge >= 0.3 is 0 Å². The molecule has 0 aliphatic heterocycles. The highest BCUT2D eigenvalue weighted by atomic mass is 79.9. The first-order valence-electron chi connectivity index (χ1n) is 5.08. The molecule has 0 aliphatic rings. The Bertz CT molecular complexity index is 540. The van der Waals surface area contributed by atoms with Crippen LogP contribution in [-0.2, 0) is 0 Å². The number of benzene rings is 1. The average molecular weight is 310 g/mol. The summed E-state index contributed by atoms with van der Waals surface area (Å²) in [6.07, 6.45) is 3.63. The van der Waals surface area contributed by atoms with Crippen molar-refractivity contribution in [2.24, 2.45) is 0 Å². The fraction of sp³-hybridized carbons (Fsp3) is 0.167. The van der Waals surface area contributed by atoms with E-state index in [0.29, 0.717) is 0 Å². The minimum atomic E-state index is 0.737. The molecule has 0 aliphatic carbocycles. The normalized spacial score (nSPS) is 10.5. The van der Waals surface area contributed by atoms with Crippen LogP contribution in [0.5, 0.6) is 0 Å². The summed E-state index contributed by atoms with van der Waals surface area (Å²) in [7, 11) is 0. The number of nitrogens with zero attached hydrogens (tertiary/aromatic N) is 2. The lowest BCUT2D eigenvalue weighted by Crippen LogP contribution is -1.91. The van der Waals surface area contributed by atoms with E-state index in [9.17, 15) is 0 Å². The van der Waals surface area contributed by atoms with E-state index in [2.05, 4.69) is 25.9 Å². The van der Waals surface area contributed by atoms with E-state index in [-0.39, 0.29) is 0 Å². The van der Waals surface area contributed by atoms with Crippen molar-refractivity contribution in [3.63, 3.8) is 0 Å². The van der Waals surface area contributed by atoms with Crippen LogP contribution >= 0.6 is 27.7 Å². The van der Waals surface area contributed by atoms with E-state index in [4.69, 9.17) is 5.73 Å². The Hall–Kier alpha value is -1.07. The first kappa shape index (κ1) is 12.4. The van der Waals surface area contributed by atoms with E-state index >= 15 is 0 Å². The zero-order chi connectivity index (χ0) is 12.4. The number of aryl methyl sites for hydroxylation is 2. The molecular weight excluding hydrogens is 298 g/mol. The smallest absolute Gasteiger partial charge is 0.192 e. The van der Waals surface area contributed by atoms with Gasteiger partial charge in [-0.25, -0.2) is 9.97 Å². The Morgan fingerprint density at radius 3 is 2.47 bits per heavy atom. The van der Waals surface area contributed by atoms with Gasteiger partial charge in [0.2, 0.25) is 0 Å². The fourth-order valence-electron chi connectivity index (χ4n) is 1.28. The summed E-state index contributed by atoms with van der Waals surface area (Å²) in [5.41, 5.74) is 8.73. The summed E-state index contributed by atoms with van der Waals surface area (Å²) in [5.74, 6) is 0. The SMILES string of the molecule is Cc1cnc(Sc2cc(C)c(N)cc2Br)nc1. The summed E-state index contributed by atoms with van der Waals surface area (Å²) >= 11 is 5.02. The molecule has 88 valence electrons. The molecule has 0 spiro atoms. The van der Waals surface area contributed by atoms with Gasteiger partial charge in [-0.3, -0.25) is 0 Å². The van der Waals surface area contributed by atoms with Crippen molar-refractivity contribution >= 4 is 33.4 Å². The number of rotatable bonds is 2. The highest BCUT2D eigenvalue weighted by molar-refractivity contribution is 9.10. The number of nitrogen functional groups attached to an aromatic ring is 1. The van der Waals surface area contributed by atoms with Crippen LogP contribution in [0.25, 0.3) is 0 Å². The van der Waals surface area contributed by atoms with Crippen molar-refractivity contribution in [1.29, 1.82) is 0 Å². The maximum Gasteiger partial charge on any atom is 0.192 e. The topological polar surface area (TPSA) is 51.8 Å². The third-order valence-corrected chi connectivity index (χ3v) is 4.15. The molecule has 1 heterocycles. The van der Waals surface area contributed by atoms with E-state index in [0.717, 1.165) is 31.3 Å². The molecule has 0 bridgehead atoms. The predicted molar refractivity (Wildman–Crippen MR) is 74.2 cm³/mol. The van der Waals surface area contributed by atoms with Gasteiger partial charge in [0, 0.05) is 27.4 Å². The Balaban J connectivity index is 2.30. The van der Waals surface area contributed by atoms with Crippen molar-refractivity contribution in [3.8, 4) is 0 Å². The quantitative estimate of drug-likeness (QED) is 0.680. The summed E-state index contributed by atoms with van der Waals surface area (Å²) in [6, 6.07) is 3.94. The third kappa shape index (κ3) is 2.98. The molecule has 2 rings (SSSR count). The molecule has 0 fully saturated rings. The van der Waals surface area contributed by atoms with Crippen LogP contribution in [0.3, 0.4) is 0 Å². The molecule has 0 amide bonds. The minimum absolute atomic E-state index is 0.737. The lowest BCUT2D eigenvalue weighted by Gasteiger charge is -2.07. The zero-order valence-electron chi connectivity index (χ0n) is 9.57. The molecule has 0 atom stereocenters. The largest absolute Gasteiger partial charge is 0.398 e. The van der Waals surface area contributed by atoms with Gasteiger partial charge in [0.05, 0.1) is 0 Å². The first-order valence-corrected chi connectivity index (χ1v) is 6.69. The third-order valence-electron chi connectivity index (χ3n) is 2.28. The maximum atomic E-state index is 5.83. The monoisotopic (exact) mass is 309 g/mol. The van der Waals surface area contributed by atoms with Crippen LogP contribution in [0, 0.1) is 13.8 Å². The van der Waals surface area contributed by atoms with E-state index in [1.54, 1.807) is 0 Å². The van der Waals surface area contributed by atoms with E-state index < -0.39 is 0 Å². The second kappa shape index (κ2) is 5.06. The summed E-state index contributed by atoms with van der Waals surface area (Å²) in [6.45, 7) is 3.96. The molecule has 0 unspecified atom stereocenters. The molecule has 1 aromatic heterocycles. The lowest BCUT2D eigenvalue weighted by atomic mass is 10.2. The van der Waals surface area contributed by atoms with Gasteiger partial charge in [-0.1, -0.05) is 0 Å². The fourth-order valence-corrected chi connectivity index (χ4v) is 2.68. The molecule has 1 aromatic carbocycles. The van der Waals surface area contributed by atoms with Gasteiger partial charge in [-0.05, 0) is 64.8 Å². The van der Waals surface area contributed by atoms with Gasteiger partial charge in [0.25, 0.3) is 0 Å². The summed E-state index contributed by atoms with van der Waals surface area (Å²) in [4.78, 5) is 9.60. The number of anilines is 1. The Kier molecular flexibility index (Phi) is 3.69. The minimum Gasteiger partial charge on any atom is -0.398 e. The standard InChI is InChI=1S/C12H12BrN3S/c1-7-5-15-12(16-6-7)17-11-3-8(2)10(14)4-9(11)13/h3-6H,14H2,1-2H3. The average Bonchev–Trinajstić information content (AvgIpc) is 2.29. The Morgan fingerprint density at radius 1 is 1.18 bits per heavy atom. The number of aromatic nitrogens is 2. The van der Waals surface area contributed by atoms with Crippen molar-refractivity contribution in [2.75, 3.05) is 5.73 Å². The highest BCUT2D eigenvalue weighted by Crippen LogP contribution is 2.34. The second-order valence-electron chi connectivity index (χ2n) is 3.78. The summed E-state index contributed by atoms with van der Waals surface area (Å²) < 4.78 is 0.967. The van der Waals surface area contributed by atoms with Gasteiger partial charge in [0.1, 0.15) is 0 Å². The number of nitrogens with two attached hydrogens (primary N) is 1. The van der Waals surface area contributed by atoms with Gasteiger partial charge in [0.15, 0.2) is 5.16 Å². The summed E-state index contributed by atoms with van der Waals surface area (Å²) in [5, 5.41) is 0.737. The number of halogens is 1. The first-order chi connectivity index (χ1) is 8.06. The van der Waals surface area contributed by atoms with E-state index in [1.165, 1.54) is 11.8 Å². The van der Waals surface area contributed by atoms with Gasteiger partial charge in [-0.2, -0.15) is 0 Å². The van der Waals surface area contributed by atoms with Crippen molar-refractivity contribution < 1.29 is 0 Å². The van der Waals surface area contributed by atoms with E-state index in [1.807, 2.05) is 38.4 Å². The Morgan fingerprint density at radius 2 is 1.82 bits per heavy atom. The molecule has 17 heavy (non-hydrogen) atoms. The van der Waals surface area contributed by atoms with Crippen LogP contribution in [0.15, 0.2) is 39.1 Å². The van der Waals surface area contributed by atoms with Gasteiger partial charge in [-0.15, -0.1) is 0 Å². The highest BCUT2D eigenvalue weighted by Gasteiger charge is 2.07. The number of hydrogen-bond acceptors (Lipinski definition) is 4. The number of hydrogen-bond donors (Lipinski definition) is 1. The zero-order valence-corrected chi connectivity index (χ0v) is 12.0. The molecule has 3 nitrogen and oxygen atoms in total. The van der Waals surface area contributed by atoms with Crippen molar-refractivity contribution in [1.82, 2.24) is 9.97 Å². The van der Waals surface area contributed by atoms with Crippen molar-refractivity contribution in [2.45, 2.75) is 23.9 Å². The lowest BCUT2D eigenvalue weighted by molar-refractivity contribution is 0.949. The van der Waals surface area contributed by atoms with Crippen LogP contribution in [-0.4, -0.2) is 9.97 Å². The molecular formula is C12H12BrN3S. The molecule has 0 radical (unpaired) electrons. The van der Waals surface area contributed by atoms with Crippen molar-refractivity contribution in [3.05, 3.63) is 40.1 Å². The maximum absolute atomic E-state index is 5.83. The van der Waals surface area contributed by atoms with Crippen LogP contribution in [0.1, 0.15) is 11.1 Å². The molecule has 5 heteroatoms. The molecule has 0 saturated heterocycles. The van der Waals surface area contributed by atoms with Crippen LogP contribution in [0.4, 0.5) is 5.69 Å². The van der Waals surface area contributed by atoms with Gasteiger partial charge < -0.3 is 5.73 Å². The predicted octanol–water partition coefficient (Wildman–Crippen LogP) is 3.59. The molecule has 2 N–H and O–H groups in total. The molecule has 0 saturated carbocycles. The Labute approximate surface area is 113 Å². The molecule has 2 aromatic rings. The van der Waals surface area contributed by atoms with Crippen LogP contribution in [0.2, 0.25) is 0 Å². The second-order valence-corrected chi connectivity index (χ2v) is 5.65.